The van der Waals surface area contributed by atoms with Crippen LogP contribution in [0.25, 0.3) is 0 Å². The molecule has 0 fully saturated rings. The molecular weight excluding hydrogens is 176 g/mol. The predicted molar refractivity (Wildman–Crippen MR) is 59.1 cm³/mol. The molecule has 0 N–H and O–H groups in total. The Balaban J connectivity index is 0.000000791. The smallest absolute Gasteiger partial charge is 0.333 e. The van der Waals surface area contributed by atoms with E-state index in [9.17, 15) is 4.79 Å². The molecule has 0 aromatic carbocycles. The molecule has 2 heteroatoms. The Bertz CT molecular complexity index is 214. The zero-order chi connectivity index (χ0) is 11.2. The summed E-state index contributed by atoms with van der Waals surface area (Å²) >= 11 is 0. The largest absolute Gasteiger partial charge is 0.466 e. The number of allylic oxidation sites excluding steroid dienone is 1. The van der Waals surface area contributed by atoms with Crippen molar-refractivity contribution in [3.05, 3.63) is 11.6 Å². The van der Waals surface area contributed by atoms with Crippen LogP contribution in [0.4, 0.5) is 0 Å². The molecule has 0 amide bonds. The first-order chi connectivity index (χ1) is 6.55. The normalized spacial score (nSPS) is 18.8. The lowest BCUT2D eigenvalue weighted by molar-refractivity contribution is -0.136. The number of carbonyl (C=O) groups excluding carboxylic acids is 1. The number of carbonyl (C=O) groups is 1. The number of methoxy groups -OCH3 is 1. The highest BCUT2D eigenvalue weighted by molar-refractivity contribution is 5.88. The molecule has 0 bridgehead atoms. The lowest BCUT2D eigenvalue weighted by Crippen LogP contribution is -2.20. The molecule has 0 aromatic rings. The number of hydrogen-bond acceptors (Lipinski definition) is 2. The van der Waals surface area contributed by atoms with Crippen molar-refractivity contribution in [1.29, 1.82) is 0 Å². The van der Waals surface area contributed by atoms with Gasteiger partial charge in [0.05, 0.1) is 7.11 Å². The molecule has 0 atom stereocenters. The fourth-order valence-corrected chi connectivity index (χ4v) is 1.60. The van der Waals surface area contributed by atoms with Gasteiger partial charge < -0.3 is 4.74 Å². The van der Waals surface area contributed by atoms with Crippen molar-refractivity contribution in [2.45, 2.75) is 47.0 Å². The monoisotopic (exact) mass is 198 g/mol. The van der Waals surface area contributed by atoms with E-state index in [4.69, 9.17) is 0 Å². The zero-order valence-electron chi connectivity index (χ0n) is 10.0. The van der Waals surface area contributed by atoms with Crippen LogP contribution in [0.1, 0.15) is 47.0 Å². The Morgan fingerprint density at radius 2 is 2.00 bits per heavy atom. The average Bonchev–Trinajstić information content (AvgIpc) is 2.18. The van der Waals surface area contributed by atoms with E-state index in [1.165, 1.54) is 7.11 Å². The molecule has 0 spiro atoms. The van der Waals surface area contributed by atoms with E-state index >= 15 is 0 Å². The van der Waals surface area contributed by atoms with E-state index in [-0.39, 0.29) is 11.4 Å². The Hall–Kier alpha value is -0.790. The van der Waals surface area contributed by atoms with Crippen molar-refractivity contribution in [2.24, 2.45) is 5.41 Å². The van der Waals surface area contributed by atoms with Crippen LogP contribution in [0.2, 0.25) is 0 Å². The third-order valence-corrected chi connectivity index (χ3v) is 2.33. The highest BCUT2D eigenvalue weighted by Crippen LogP contribution is 2.35. The van der Waals surface area contributed by atoms with Crippen molar-refractivity contribution in [2.75, 3.05) is 7.11 Å². The summed E-state index contributed by atoms with van der Waals surface area (Å²) in [5.74, 6) is -0.164. The van der Waals surface area contributed by atoms with Gasteiger partial charge in [0, 0.05) is 5.57 Å². The van der Waals surface area contributed by atoms with Gasteiger partial charge in [-0.05, 0) is 24.7 Å². The quantitative estimate of drug-likeness (QED) is 0.604. The average molecular weight is 198 g/mol. The van der Waals surface area contributed by atoms with Crippen molar-refractivity contribution < 1.29 is 9.53 Å². The van der Waals surface area contributed by atoms with Gasteiger partial charge in [0.15, 0.2) is 0 Å². The molecule has 0 unspecified atom stereocenters. The molecule has 14 heavy (non-hydrogen) atoms. The molecule has 1 aliphatic rings. The molecule has 0 aromatic heterocycles. The lowest BCUT2D eigenvalue weighted by atomic mass is 9.77. The zero-order valence-corrected chi connectivity index (χ0v) is 10.0. The van der Waals surface area contributed by atoms with Gasteiger partial charge in [-0.1, -0.05) is 33.8 Å². The summed E-state index contributed by atoms with van der Waals surface area (Å²) in [5, 5.41) is 0. The minimum atomic E-state index is -0.164. The van der Waals surface area contributed by atoms with Crippen LogP contribution in [0.3, 0.4) is 0 Å². The number of esters is 1. The first kappa shape index (κ1) is 13.2. The topological polar surface area (TPSA) is 26.3 Å². The van der Waals surface area contributed by atoms with E-state index in [1.54, 1.807) is 0 Å². The molecule has 2 nitrogen and oxygen atoms in total. The van der Waals surface area contributed by atoms with Crippen LogP contribution < -0.4 is 0 Å². The van der Waals surface area contributed by atoms with Gasteiger partial charge in [-0.15, -0.1) is 0 Å². The van der Waals surface area contributed by atoms with Gasteiger partial charge in [-0.2, -0.15) is 0 Å². The number of hydrogen-bond donors (Lipinski definition) is 0. The Kier molecular flexibility index (Phi) is 5.51. The molecule has 0 heterocycles. The third kappa shape index (κ3) is 3.95. The van der Waals surface area contributed by atoms with Crippen molar-refractivity contribution >= 4 is 5.97 Å². The summed E-state index contributed by atoms with van der Waals surface area (Å²) < 4.78 is 4.68. The van der Waals surface area contributed by atoms with Crippen molar-refractivity contribution in [3.63, 3.8) is 0 Å². The fourth-order valence-electron chi connectivity index (χ4n) is 1.60. The van der Waals surface area contributed by atoms with Crippen molar-refractivity contribution in [3.8, 4) is 0 Å². The van der Waals surface area contributed by atoms with E-state index < -0.39 is 0 Å². The molecule has 0 radical (unpaired) electrons. The Morgan fingerprint density at radius 3 is 2.43 bits per heavy atom. The summed E-state index contributed by atoms with van der Waals surface area (Å²) in [4.78, 5) is 11.2. The molecule has 0 saturated carbocycles. The van der Waals surface area contributed by atoms with Crippen LogP contribution in [0.5, 0.6) is 0 Å². The minimum absolute atomic E-state index is 0.164. The highest BCUT2D eigenvalue weighted by Gasteiger charge is 2.26. The first-order valence-corrected chi connectivity index (χ1v) is 5.32. The Morgan fingerprint density at radius 1 is 1.43 bits per heavy atom. The minimum Gasteiger partial charge on any atom is -0.466 e. The fraction of sp³-hybridized carbons (Fsp3) is 0.750. The number of ether oxygens (including phenoxy) is 1. The van der Waals surface area contributed by atoms with Crippen LogP contribution in [0.15, 0.2) is 11.6 Å². The van der Waals surface area contributed by atoms with E-state index in [0.29, 0.717) is 0 Å². The molecule has 82 valence electrons. The summed E-state index contributed by atoms with van der Waals surface area (Å²) in [5.41, 5.74) is 1.10. The van der Waals surface area contributed by atoms with Crippen LogP contribution in [-0.2, 0) is 9.53 Å². The van der Waals surface area contributed by atoms with Crippen LogP contribution in [0, 0.1) is 5.41 Å². The molecular formula is C12H22O2. The number of rotatable bonds is 1. The first-order valence-electron chi connectivity index (χ1n) is 5.32. The van der Waals surface area contributed by atoms with Gasteiger partial charge in [0.2, 0.25) is 0 Å². The summed E-state index contributed by atoms with van der Waals surface area (Å²) in [7, 11) is 1.44. The third-order valence-electron chi connectivity index (χ3n) is 2.33. The van der Waals surface area contributed by atoms with Crippen LogP contribution in [-0.4, -0.2) is 13.1 Å². The van der Waals surface area contributed by atoms with Gasteiger partial charge in [0.25, 0.3) is 0 Å². The molecule has 1 rings (SSSR count). The maximum Gasteiger partial charge on any atom is 0.333 e. The summed E-state index contributed by atoms with van der Waals surface area (Å²) in [6.45, 7) is 8.37. The molecule has 1 aliphatic carbocycles. The maximum absolute atomic E-state index is 11.2. The summed E-state index contributed by atoms with van der Waals surface area (Å²) in [6.07, 6.45) is 5.00. The van der Waals surface area contributed by atoms with Gasteiger partial charge >= 0.3 is 5.97 Å². The molecule has 0 saturated heterocycles. The van der Waals surface area contributed by atoms with E-state index in [1.807, 2.05) is 19.9 Å². The van der Waals surface area contributed by atoms with Gasteiger partial charge in [-0.3, -0.25) is 0 Å². The SMILES string of the molecule is CC.COC(=O)C1=CCCC(C)(C)C1. The van der Waals surface area contributed by atoms with E-state index in [2.05, 4.69) is 18.6 Å². The van der Waals surface area contributed by atoms with E-state index in [0.717, 1.165) is 24.8 Å². The Labute approximate surface area is 87.3 Å². The standard InChI is InChI=1S/C10H16O2.C2H6/c1-10(2)6-4-5-8(7-10)9(11)12-3;1-2/h5H,4,6-7H2,1-3H3;1-2H3. The second-order valence-corrected chi connectivity index (χ2v) is 4.10. The predicted octanol–water partition coefficient (Wildman–Crippen LogP) is 3.32. The maximum atomic E-state index is 11.2. The second kappa shape index (κ2) is 5.84. The second-order valence-electron chi connectivity index (χ2n) is 4.10. The highest BCUT2D eigenvalue weighted by atomic mass is 16.5. The van der Waals surface area contributed by atoms with Crippen molar-refractivity contribution in [1.82, 2.24) is 0 Å². The molecule has 0 aliphatic heterocycles. The van der Waals surface area contributed by atoms with Gasteiger partial charge in [0.1, 0.15) is 0 Å². The summed E-state index contributed by atoms with van der Waals surface area (Å²) in [6, 6.07) is 0. The van der Waals surface area contributed by atoms with Gasteiger partial charge in [-0.25, -0.2) is 4.79 Å². The lowest BCUT2D eigenvalue weighted by Gasteiger charge is -2.28. The van der Waals surface area contributed by atoms with Crippen LogP contribution >= 0.6 is 0 Å².